The molecule has 2 saturated heterocycles. The molecule has 2 fully saturated rings. The summed E-state index contributed by atoms with van der Waals surface area (Å²) >= 11 is 0. The molecule has 0 aromatic heterocycles. The lowest BCUT2D eigenvalue weighted by atomic mass is 9.76. The molecule has 5 nitrogen and oxygen atoms in total. The van der Waals surface area contributed by atoms with E-state index >= 15 is 0 Å². The van der Waals surface area contributed by atoms with E-state index in [0.717, 1.165) is 51.8 Å². The van der Waals surface area contributed by atoms with Crippen molar-refractivity contribution in [3.63, 3.8) is 0 Å². The maximum Gasteiger partial charge on any atom is 0.410 e. The molecule has 0 aromatic carbocycles. The first-order valence-corrected chi connectivity index (χ1v) is 8.04. The van der Waals surface area contributed by atoms with Crippen LogP contribution in [0.4, 0.5) is 4.79 Å². The van der Waals surface area contributed by atoms with E-state index in [9.17, 15) is 4.79 Å². The molecular weight excluding hydrogens is 270 g/mol. The van der Waals surface area contributed by atoms with Crippen molar-refractivity contribution in [3.8, 4) is 0 Å². The molecule has 0 radical (unpaired) electrons. The second-order valence-electron chi connectivity index (χ2n) is 7.47. The Balaban J connectivity index is 1.79. The monoisotopic (exact) mass is 299 g/mol. The molecule has 1 atom stereocenters. The zero-order chi connectivity index (χ0) is 15.5. The summed E-state index contributed by atoms with van der Waals surface area (Å²) in [5.74, 6) is 0. The minimum Gasteiger partial charge on any atom is -0.444 e. The normalized spacial score (nSPS) is 25.3. The zero-order valence-corrected chi connectivity index (χ0v) is 13.6. The molecule has 21 heavy (non-hydrogen) atoms. The number of hydrogen-bond acceptors (Lipinski definition) is 4. The summed E-state index contributed by atoms with van der Waals surface area (Å²) in [5, 5.41) is 8.90. The first-order chi connectivity index (χ1) is 9.84. The third-order valence-corrected chi connectivity index (χ3v) is 4.45. The zero-order valence-electron chi connectivity index (χ0n) is 13.6. The van der Waals surface area contributed by atoms with Crippen molar-refractivity contribution in [1.82, 2.24) is 4.90 Å². The molecule has 1 spiro atoms. The molecule has 1 N–H and O–H groups in total. The van der Waals surface area contributed by atoms with Crippen LogP contribution in [0.25, 0.3) is 0 Å². The molecule has 5 heteroatoms. The van der Waals surface area contributed by atoms with Crippen molar-refractivity contribution in [2.45, 2.75) is 64.6 Å². The largest absolute Gasteiger partial charge is 0.444 e. The number of carbonyl (C=O) groups excluding carboxylic acids is 1. The van der Waals surface area contributed by atoms with Gasteiger partial charge in [-0.05, 0) is 58.3 Å². The molecule has 2 aliphatic rings. The maximum absolute atomic E-state index is 12.1. The predicted molar refractivity (Wildman–Crippen MR) is 80.2 cm³/mol. The Hall–Kier alpha value is -0.810. The van der Waals surface area contributed by atoms with Gasteiger partial charge in [0.1, 0.15) is 5.60 Å². The van der Waals surface area contributed by atoms with Crippen LogP contribution in [0, 0.1) is 5.41 Å². The number of aliphatic hydroxyl groups is 1. The smallest absolute Gasteiger partial charge is 0.410 e. The fraction of sp³-hybridized carbons (Fsp3) is 0.938. The molecule has 0 saturated carbocycles. The Morgan fingerprint density at radius 2 is 2.05 bits per heavy atom. The van der Waals surface area contributed by atoms with Crippen molar-refractivity contribution < 1.29 is 19.4 Å². The third-order valence-electron chi connectivity index (χ3n) is 4.45. The molecule has 0 aromatic rings. The van der Waals surface area contributed by atoms with E-state index < -0.39 is 5.60 Å². The van der Waals surface area contributed by atoms with Gasteiger partial charge in [-0.25, -0.2) is 4.79 Å². The van der Waals surface area contributed by atoms with Gasteiger partial charge in [-0.1, -0.05) is 0 Å². The van der Waals surface area contributed by atoms with Crippen LogP contribution in [0.15, 0.2) is 0 Å². The van der Waals surface area contributed by atoms with Crippen molar-refractivity contribution in [1.29, 1.82) is 0 Å². The van der Waals surface area contributed by atoms with Crippen LogP contribution in [0.2, 0.25) is 0 Å². The molecule has 1 amide bonds. The van der Waals surface area contributed by atoms with Gasteiger partial charge in [0.05, 0.1) is 12.7 Å². The Kier molecular flexibility index (Phi) is 5.15. The van der Waals surface area contributed by atoms with Gasteiger partial charge in [0.2, 0.25) is 0 Å². The average Bonchev–Trinajstić information content (AvgIpc) is 2.78. The number of nitrogens with zero attached hydrogens (tertiary/aromatic N) is 1. The fourth-order valence-electron chi connectivity index (χ4n) is 3.24. The highest BCUT2D eigenvalue weighted by atomic mass is 16.6. The summed E-state index contributed by atoms with van der Waals surface area (Å²) in [5.41, 5.74) is -0.198. The standard InChI is InChI=1S/C16H29NO4/c1-15(2,3)21-14(19)17-8-6-16(7-9-17)11-13(20-12-16)5-4-10-18/h13,18H,4-12H2,1-3H3. The average molecular weight is 299 g/mol. The Labute approximate surface area is 127 Å². The highest BCUT2D eigenvalue weighted by Gasteiger charge is 2.43. The van der Waals surface area contributed by atoms with Crippen LogP contribution < -0.4 is 0 Å². The lowest BCUT2D eigenvalue weighted by Gasteiger charge is -2.38. The summed E-state index contributed by atoms with van der Waals surface area (Å²) in [6.45, 7) is 8.23. The lowest BCUT2D eigenvalue weighted by molar-refractivity contribution is 0.00774. The van der Waals surface area contributed by atoms with E-state index in [1.807, 2.05) is 25.7 Å². The number of rotatable bonds is 3. The molecular formula is C16H29NO4. The van der Waals surface area contributed by atoms with E-state index in [-0.39, 0.29) is 24.2 Å². The number of aliphatic hydroxyl groups excluding tert-OH is 1. The number of hydrogen-bond donors (Lipinski definition) is 1. The fourth-order valence-corrected chi connectivity index (χ4v) is 3.24. The molecule has 1 unspecified atom stereocenters. The van der Waals surface area contributed by atoms with Crippen LogP contribution >= 0.6 is 0 Å². The summed E-state index contributed by atoms with van der Waals surface area (Å²) in [6, 6.07) is 0. The van der Waals surface area contributed by atoms with Gasteiger partial charge >= 0.3 is 6.09 Å². The summed E-state index contributed by atoms with van der Waals surface area (Å²) < 4.78 is 11.3. The molecule has 2 aliphatic heterocycles. The molecule has 122 valence electrons. The van der Waals surface area contributed by atoms with E-state index in [4.69, 9.17) is 14.6 Å². The van der Waals surface area contributed by atoms with Gasteiger partial charge in [-0.15, -0.1) is 0 Å². The lowest BCUT2D eigenvalue weighted by Crippen LogP contribution is -2.45. The van der Waals surface area contributed by atoms with Crippen molar-refractivity contribution >= 4 is 6.09 Å². The quantitative estimate of drug-likeness (QED) is 0.870. The molecule has 2 rings (SSSR count). The van der Waals surface area contributed by atoms with Gasteiger partial charge in [-0.3, -0.25) is 0 Å². The maximum atomic E-state index is 12.1. The summed E-state index contributed by atoms with van der Waals surface area (Å²) in [4.78, 5) is 13.9. The minimum absolute atomic E-state index is 0.201. The number of ether oxygens (including phenoxy) is 2. The van der Waals surface area contributed by atoms with Gasteiger partial charge in [0.25, 0.3) is 0 Å². The van der Waals surface area contributed by atoms with Crippen LogP contribution in [0.5, 0.6) is 0 Å². The highest BCUT2D eigenvalue weighted by molar-refractivity contribution is 5.68. The number of piperidine rings is 1. The van der Waals surface area contributed by atoms with Crippen molar-refractivity contribution in [3.05, 3.63) is 0 Å². The number of likely N-dealkylation sites (tertiary alicyclic amines) is 1. The van der Waals surface area contributed by atoms with E-state index in [1.165, 1.54) is 0 Å². The van der Waals surface area contributed by atoms with Gasteiger partial charge in [0.15, 0.2) is 0 Å². The number of carbonyl (C=O) groups is 1. The topological polar surface area (TPSA) is 59.0 Å². The van der Waals surface area contributed by atoms with Gasteiger partial charge < -0.3 is 19.5 Å². The van der Waals surface area contributed by atoms with E-state index in [1.54, 1.807) is 0 Å². The third kappa shape index (κ3) is 4.58. The van der Waals surface area contributed by atoms with Gasteiger partial charge in [-0.2, -0.15) is 0 Å². The van der Waals surface area contributed by atoms with Gasteiger partial charge in [0, 0.05) is 19.7 Å². The first-order valence-electron chi connectivity index (χ1n) is 8.04. The number of amides is 1. The molecule has 0 bridgehead atoms. The van der Waals surface area contributed by atoms with Crippen LogP contribution in [0.3, 0.4) is 0 Å². The summed E-state index contributed by atoms with van der Waals surface area (Å²) in [7, 11) is 0. The van der Waals surface area contributed by atoms with Crippen LogP contribution in [0.1, 0.15) is 52.9 Å². The van der Waals surface area contributed by atoms with Crippen LogP contribution in [-0.2, 0) is 9.47 Å². The second kappa shape index (κ2) is 6.53. The Morgan fingerprint density at radius 1 is 1.38 bits per heavy atom. The molecule has 2 heterocycles. The SMILES string of the molecule is CC(C)(C)OC(=O)N1CCC2(CC1)COC(CCCO)C2. The Morgan fingerprint density at radius 3 is 2.62 bits per heavy atom. The Bertz CT molecular complexity index is 356. The van der Waals surface area contributed by atoms with Crippen LogP contribution in [-0.4, -0.2) is 54.1 Å². The van der Waals surface area contributed by atoms with E-state index in [0.29, 0.717) is 0 Å². The first kappa shape index (κ1) is 16.6. The predicted octanol–water partition coefficient (Wildman–Crippen LogP) is 2.57. The van der Waals surface area contributed by atoms with Crippen molar-refractivity contribution in [2.75, 3.05) is 26.3 Å². The van der Waals surface area contributed by atoms with Crippen molar-refractivity contribution in [2.24, 2.45) is 5.41 Å². The minimum atomic E-state index is -0.432. The summed E-state index contributed by atoms with van der Waals surface area (Å²) in [6.07, 6.45) is 4.87. The molecule has 0 aliphatic carbocycles. The second-order valence-corrected chi connectivity index (χ2v) is 7.47. The highest BCUT2D eigenvalue weighted by Crippen LogP contribution is 2.43. The van der Waals surface area contributed by atoms with E-state index in [2.05, 4.69) is 0 Å².